The number of ether oxygens (including phenoxy) is 3. The summed E-state index contributed by atoms with van der Waals surface area (Å²) in [6, 6.07) is 12.6. The highest BCUT2D eigenvalue weighted by atomic mass is 16.5. The third kappa shape index (κ3) is 6.38. The number of carbonyl (C=O) groups excluding carboxylic acids is 1. The van der Waals surface area contributed by atoms with E-state index in [0.29, 0.717) is 35.8 Å². The average molecular weight is 426 g/mol. The Kier molecular flexibility index (Phi) is 8.15. The second-order valence-corrected chi connectivity index (χ2v) is 7.56. The van der Waals surface area contributed by atoms with Gasteiger partial charge in [-0.15, -0.1) is 0 Å². The van der Waals surface area contributed by atoms with E-state index in [2.05, 4.69) is 0 Å². The molecule has 0 spiro atoms. The van der Waals surface area contributed by atoms with Crippen LogP contribution in [0.5, 0.6) is 17.2 Å². The molecule has 3 N–H and O–H groups in total. The summed E-state index contributed by atoms with van der Waals surface area (Å²) < 4.78 is 17.0. The van der Waals surface area contributed by atoms with Crippen molar-refractivity contribution in [1.82, 2.24) is 4.90 Å². The van der Waals surface area contributed by atoms with Crippen LogP contribution in [0.15, 0.2) is 42.5 Å². The molecule has 2 aromatic carbocycles. The molecule has 31 heavy (non-hydrogen) atoms. The maximum Gasteiger partial charge on any atom is 0.253 e. The summed E-state index contributed by atoms with van der Waals surface area (Å²) in [5.74, 6) is 2.12. The van der Waals surface area contributed by atoms with E-state index in [1.54, 1.807) is 25.3 Å². The molecule has 3 rings (SSSR count). The lowest BCUT2D eigenvalue weighted by Gasteiger charge is -2.17. The highest BCUT2D eigenvalue weighted by molar-refractivity contribution is 5.95. The SMILES string of the molecule is COc1cc(C(=O)N2CCCC2)ccc1OCCCCCOc1ccc(C(=N)N)cc1. The van der Waals surface area contributed by atoms with Gasteiger partial charge < -0.3 is 24.8 Å². The molecule has 1 saturated heterocycles. The molecule has 0 unspecified atom stereocenters. The van der Waals surface area contributed by atoms with Crippen molar-refractivity contribution in [3.8, 4) is 17.2 Å². The summed E-state index contributed by atoms with van der Waals surface area (Å²) in [5.41, 5.74) is 6.77. The number of carbonyl (C=O) groups is 1. The number of hydrogen-bond acceptors (Lipinski definition) is 5. The Morgan fingerprint density at radius 3 is 2.23 bits per heavy atom. The van der Waals surface area contributed by atoms with E-state index >= 15 is 0 Å². The van der Waals surface area contributed by atoms with E-state index in [1.807, 2.05) is 29.2 Å². The Balaban J connectivity index is 1.37. The monoisotopic (exact) mass is 425 g/mol. The van der Waals surface area contributed by atoms with Crippen LogP contribution in [0.4, 0.5) is 0 Å². The van der Waals surface area contributed by atoms with Crippen LogP contribution in [0.1, 0.15) is 48.0 Å². The van der Waals surface area contributed by atoms with Crippen molar-refractivity contribution in [2.75, 3.05) is 33.4 Å². The number of benzene rings is 2. The van der Waals surface area contributed by atoms with Crippen LogP contribution < -0.4 is 19.9 Å². The normalized spacial score (nSPS) is 13.1. The molecule has 1 aliphatic rings. The van der Waals surface area contributed by atoms with Gasteiger partial charge in [0.05, 0.1) is 20.3 Å². The van der Waals surface area contributed by atoms with E-state index in [-0.39, 0.29) is 11.7 Å². The van der Waals surface area contributed by atoms with Gasteiger partial charge in [-0.25, -0.2) is 0 Å². The van der Waals surface area contributed by atoms with E-state index in [0.717, 1.165) is 50.9 Å². The van der Waals surface area contributed by atoms with Crippen LogP contribution >= 0.6 is 0 Å². The molecule has 7 nitrogen and oxygen atoms in total. The van der Waals surface area contributed by atoms with Gasteiger partial charge in [-0.3, -0.25) is 10.2 Å². The second-order valence-electron chi connectivity index (χ2n) is 7.56. The number of amides is 1. The Hall–Kier alpha value is -3.22. The zero-order valence-corrected chi connectivity index (χ0v) is 18.1. The topological polar surface area (TPSA) is 97.9 Å². The summed E-state index contributed by atoms with van der Waals surface area (Å²) in [6.07, 6.45) is 4.92. The first-order chi connectivity index (χ1) is 15.1. The number of hydrogen-bond donors (Lipinski definition) is 2. The number of likely N-dealkylation sites (tertiary alicyclic amines) is 1. The minimum atomic E-state index is 0.0519. The molecular weight excluding hydrogens is 394 g/mol. The Bertz CT molecular complexity index is 877. The van der Waals surface area contributed by atoms with Crippen molar-refractivity contribution in [3.05, 3.63) is 53.6 Å². The van der Waals surface area contributed by atoms with Gasteiger partial charge in [0.1, 0.15) is 11.6 Å². The minimum Gasteiger partial charge on any atom is -0.494 e. The summed E-state index contributed by atoms with van der Waals surface area (Å²) in [6.45, 7) is 2.85. The van der Waals surface area contributed by atoms with E-state index in [9.17, 15) is 4.79 Å². The molecule has 2 aromatic rings. The minimum absolute atomic E-state index is 0.0519. The molecule has 1 fully saturated rings. The highest BCUT2D eigenvalue weighted by Gasteiger charge is 2.20. The maximum atomic E-state index is 12.5. The van der Waals surface area contributed by atoms with Gasteiger partial charge in [0.15, 0.2) is 11.5 Å². The molecule has 0 atom stereocenters. The van der Waals surface area contributed by atoms with Crippen molar-refractivity contribution in [1.29, 1.82) is 5.41 Å². The van der Waals surface area contributed by atoms with E-state index in [4.69, 9.17) is 25.4 Å². The second kappa shape index (κ2) is 11.2. The fourth-order valence-corrected chi connectivity index (χ4v) is 3.51. The maximum absolute atomic E-state index is 12.5. The molecule has 1 amide bonds. The van der Waals surface area contributed by atoms with Crippen molar-refractivity contribution < 1.29 is 19.0 Å². The quantitative estimate of drug-likeness (QED) is 0.324. The van der Waals surface area contributed by atoms with Crippen LogP contribution in [-0.4, -0.2) is 50.1 Å². The van der Waals surface area contributed by atoms with Gasteiger partial charge in [0, 0.05) is 24.2 Å². The molecule has 0 radical (unpaired) electrons. The lowest BCUT2D eigenvalue weighted by Crippen LogP contribution is -2.27. The van der Waals surface area contributed by atoms with Crippen LogP contribution in [0.25, 0.3) is 0 Å². The number of nitrogens with two attached hydrogens (primary N) is 1. The van der Waals surface area contributed by atoms with Crippen molar-refractivity contribution in [2.45, 2.75) is 32.1 Å². The number of unbranched alkanes of at least 4 members (excludes halogenated alkanes) is 2. The molecule has 166 valence electrons. The number of methoxy groups -OCH3 is 1. The Labute approximate surface area is 183 Å². The lowest BCUT2D eigenvalue weighted by molar-refractivity contribution is 0.0792. The summed E-state index contributed by atoms with van der Waals surface area (Å²) >= 11 is 0. The van der Waals surface area contributed by atoms with Crippen LogP contribution in [0, 0.1) is 5.41 Å². The standard InChI is InChI=1S/C24H31N3O4/c1-29-22-17-19(24(28)27-13-3-4-14-27)9-12-21(22)31-16-6-2-5-15-30-20-10-7-18(8-11-20)23(25)26/h7-12,17H,2-6,13-16H2,1H3,(H3,25,26). The Morgan fingerprint density at radius 2 is 1.58 bits per heavy atom. The number of nitrogens with zero attached hydrogens (tertiary/aromatic N) is 1. The number of nitrogens with one attached hydrogen (secondary N) is 1. The zero-order valence-electron chi connectivity index (χ0n) is 18.1. The van der Waals surface area contributed by atoms with Gasteiger partial charge in [0.2, 0.25) is 0 Å². The van der Waals surface area contributed by atoms with Gasteiger partial charge in [-0.05, 0) is 74.6 Å². The first-order valence-electron chi connectivity index (χ1n) is 10.8. The molecular formula is C24H31N3O4. The number of amidine groups is 1. The van der Waals surface area contributed by atoms with Gasteiger partial charge in [-0.1, -0.05) is 0 Å². The zero-order chi connectivity index (χ0) is 22.1. The Morgan fingerprint density at radius 1 is 0.935 bits per heavy atom. The molecule has 1 heterocycles. The van der Waals surface area contributed by atoms with Crippen molar-refractivity contribution in [3.63, 3.8) is 0 Å². The molecule has 0 saturated carbocycles. The van der Waals surface area contributed by atoms with Gasteiger partial charge in [-0.2, -0.15) is 0 Å². The van der Waals surface area contributed by atoms with E-state index < -0.39 is 0 Å². The van der Waals surface area contributed by atoms with Crippen molar-refractivity contribution >= 4 is 11.7 Å². The number of rotatable bonds is 11. The largest absolute Gasteiger partial charge is 0.494 e. The van der Waals surface area contributed by atoms with Crippen molar-refractivity contribution in [2.24, 2.45) is 5.73 Å². The molecule has 0 aromatic heterocycles. The summed E-state index contributed by atoms with van der Waals surface area (Å²) in [7, 11) is 1.59. The fourth-order valence-electron chi connectivity index (χ4n) is 3.51. The highest BCUT2D eigenvalue weighted by Crippen LogP contribution is 2.29. The summed E-state index contributed by atoms with van der Waals surface area (Å²) in [4.78, 5) is 14.4. The molecule has 0 aliphatic carbocycles. The van der Waals surface area contributed by atoms with Gasteiger partial charge >= 0.3 is 0 Å². The fraction of sp³-hybridized carbons (Fsp3) is 0.417. The van der Waals surface area contributed by atoms with Crippen LogP contribution in [-0.2, 0) is 0 Å². The third-order valence-electron chi connectivity index (χ3n) is 5.28. The molecule has 0 bridgehead atoms. The smallest absolute Gasteiger partial charge is 0.253 e. The first-order valence-corrected chi connectivity index (χ1v) is 10.8. The summed E-state index contributed by atoms with van der Waals surface area (Å²) in [5, 5.41) is 7.39. The van der Waals surface area contributed by atoms with Crippen LogP contribution in [0.3, 0.4) is 0 Å². The predicted octanol–water partition coefficient (Wildman–Crippen LogP) is 3.84. The van der Waals surface area contributed by atoms with Gasteiger partial charge in [0.25, 0.3) is 5.91 Å². The third-order valence-corrected chi connectivity index (χ3v) is 5.28. The average Bonchev–Trinajstić information content (AvgIpc) is 3.33. The first kappa shape index (κ1) is 22.5. The number of nitrogen functional groups attached to an aromatic ring is 1. The molecule has 7 heteroatoms. The molecule has 1 aliphatic heterocycles. The van der Waals surface area contributed by atoms with E-state index in [1.165, 1.54) is 0 Å². The lowest BCUT2D eigenvalue weighted by atomic mass is 10.1. The van der Waals surface area contributed by atoms with Crippen LogP contribution in [0.2, 0.25) is 0 Å². The predicted molar refractivity (Wildman–Crippen MR) is 120 cm³/mol.